The molecule has 0 bridgehead atoms. The molecule has 0 aliphatic carbocycles. The summed E-state index contributed by atoms with van der Waals surface area (Å²) in [5.41, 5.74) is 2.41. The van der Waals surface area contributed by atoms with Crippen LogP contribution in [0.25, 0.3) is 0 Å². The molecule has 0 spiro atoms. The molecule has 0 saturated heterocycles. The molecule has 0 saturated carbocycles. The lowest BCUT2D eigenvalue weighted by atomic mass is 9.95. The van der Waals surface area contributed by atoms with Crippen molar-refractivity contribution in [3.63, 3.8) is 0 Å². The van der Waals surface area contributed by atoms with E-state index in [2.05, 4.69) is 69.1 Å². The second-order valence-corrected chi connectivity index (χ2v) is 6.54. The molecule has 120 valence electrons. The van der Waals surface area contributed by atoms with Gasteiger partial charge in [0, 0.05) is 30.4 Å². The molecule has 0 fully saturated rings. The summed E-state index contributed by atoms with van der Waals surface area (Å²) in [6, 6.07) is 9.05. The highest BCUT2D eigenvalue weighted by Gasteiger charge is 2.23. The fraction of sp³-hybridized carbons (Fsp3) is 0.667. The van der Waals surface area contributed by atoms with Crippen LogP contribution in [0.1, 0.15) is 46.1 Å². The number of hydrogen-bond donors (Lipinski definition) is 2. The Bertz CT molecular complexity index is 419. The number of benzene rings is 1. The Morgan fingerprint density at radius 1 is 1.33 bits per heavy atom. The van der Waals surface area contributed by atoms with Crippen LogP contribution >= 0.6 is 0 Å². The number of rotatable bonds is 9. The quantitative estimate of drug-likeness (QED) is 0.732. The van der Waals surface area contributed by atoms with E-state index in [4.69, 9.17) is 0 Å². The Hall–Kier alpha value is -1.06. The van der Waals surface area contributed by atoms with Crippen LogP contribution in [0.15, 0.2) is 24.3 Å². The molecule has 0 aliphatic rings. The number of aryl methyl sites for hydroxylation is 1. The average Bonchev–Trinajstić information content (AvgIpc) is 2.43. The fourth-order valence-electron chi connectivity index (χ4n) is 2.85. The monoisotopic (exact) mass is 292 g/mol. The molecule has 1 aromatic carbocycles. The van der Waals surface area contributed by atoms with Crippen LogP contribution < -0.4 is 10.2 Å². The number of aliphatic hydroxyl groups is 1. The summed E-state index contributed by atoms with van der Waals surface area (Å²) in [5.74, 6) is 0. The molecule has 3 heteroatoms. The number of nitrogens with zero attached hydrogens (tertiary/aromatic N) is 1. The summed E-state index contributed by atoms with van der Waals surface area (Å²) >= 11 is 0. The van der Waals surface area contributed by atoms with E-state index in [1.165, 1.54) is 11.3 Å². The van der Waals surface area contributed by atoms with Crippen LogP contribution in [0.2, 0.25) is 0 Å². The van der Waals surface area contributed by atoms with Gasteiger partial charge in [-0.05, 0) is 51.3 Å². The summed E-state index contributed by atoms with van der Waals surface area (Å²) in [4.78, 5) is 2.40. The third kappa shape index (κ3) is 6.06. The van der Waals surface area contributed by atoms with E-state index in [0.29, 0.717) is 6.04 Å². The van der Waals surface area contributed by atoms with Gasteiger partial charge >= 0.3 is 0 Å². The van der Waals surface area contributed by atoms with Crippen molar-refractivity contribution in [1.82, 2.24) is 5.32 Å². The van der Waals surface area contributed by atoms with Gasteiger partial charge in [-0.3, -0.25) is 0 Å². The van der Waals surface area contributed by atoms with Crippen molar-refractivity contribution in [3.8, 4) is 0 Å². The Morgan fingerprint density at radius 2 is 2.05 bits per heavy atom. The minimum atomic E-state index is -0.180. The van der Waals surface area contributed by atoms with Crippen LogP contribution in [-0.2, 0) is 0 Å². The molecule has 0 aliphatic heterocycles. The molecule has 1 unspecified atom stereocenters. The average molecular weight is 292 g/mol. The van der Waals surface area contributed by atoms with Crippen LogP contribution in [0, 0.1) is 6.92 Å². The molecule has 0 amide bonds. The van der Waals surface area contributed by atoms with Gasteiger partial charge in [-0.25, -0.2) is 0 Å². The van der Waals surface area contributed by atoms with Crippen molar-refractivity contribution in [2.24, 2.45) is 0 Å². The smallest absolute Gasteiger partial charge is 0.0610 e. The topological polar surface area (TPSA) is 35.5 Å². The van der Waals surface area contributed by atoms with Gasteiger partial charge < -0.3 is 15.3 Å². The summed E-state index contributed by atoms with van der Waals surface area (Å²) < 4.78 is 0. The second kappa shape index (κ2) is 8.40. The van der Waals surface area contributed by atoms with Crippen molar-refractivity contribution in [3.05, 3.63) is 29.8 Å². The van der Waals surface area contributed by atoms with E-state index in [1.54, 1.807) is 0 Å². The molecule has 0 radical (unpaired) electrons. The van der Waals surface area contributed by atoms with Crippen LogP contribution in [0.5, 0.6) is 0 Å². The lowest BCUT2D eigenvalue weighted by molar-refractivity contribution is 0.155. The molecule has 0 aromatic heterocycles. The third-order valence-electron chi connectivity index (χ3n) is 3.89. The molecular weight excluding hydrogens is 260 g/mol. The molecule has 1 atom stereocenters. The van der Waals surface area contributed by atoms with Crippen molar-refractivity contribution < 1.29 is 5.11 Å². The van der Waals surface area contributed by atoms with E-state index in [-0.39, 0.29) is 12.1 Å². The van der Waals surface area contributed by atoms with Gasteiger partial charge in [0.15, 0.2) is 0 Å². The van der Waals surface area contributed by atoms with Gasteiger partial charge in [0.1, 0.15) is 0 Å². The summed E-state index contributed by atoms with van der Waals surface area (Å²) in [7, 11) is 0. The van der Waals surface area contributed by atoms with Crippen molar-refractivity contribution >= 4 is 5.69 Å². The summed E-state index contributed by atoms with van der Waals surface area (Å²) in [6.45, 7) is 12.9. The maximum atomic E-state index is 9.63. The van der Waals surface area contributed by atoms with Gasteiger partial charge in [0.05, 0.1) is 6.61 Å². The van der Waals surface area contributed by atoms with Crippen molar-refractivity contribution in [2.75, 3.05) is 24.6 Å². The summed E-state index contributed by atoms with van der Waals surface area (Å²) in [6.07, 6.45) is 2.04. The Morgan fingerprint density at radius 3 is 2.57 bits per heavy atom. The molecule has 3 nitrogen and oxygen atoms in total. The standard InChI is InChI=1S/C18H32N2O/c1-6-20(17-10-7-9-16(4)13-17)12-8-11-18(5,14-21)19-15(2)3/h7,9-10,13,15,19,21H,6,8,11-12,14H2,1-5H3. The van der Waals surface area contributed by atoms with Gasteiger partial charge in [-0.1, -0.05) is 26.0 Å². The molecule has 2 N–H and O–H groups in total. The lowest BCUT2D eigenvalue weighted by Gasteiger charge is -2.32. The molecule has 1 rings (SSSR count). The SMILES string of the molecule is CCN(CCCC(C)(CO)NC(C)C)c1cccc(C)c1. The highest BCUT2D eigenvalue weighted by molar-refractivity contribution is 5.48. The minimum Gasteiger partial charge on any atom is -0.394 e. The highest BCUT2D eigenvalue weighted by atomic mass is 16.3. The first-order chi connectivity index (χ1) is 9.90. The maximum Gasteiger partial charge on any atom is 0.0610 e. The van der Waals surface area contributed by atoms with Gasteiger partial charge in [-0.15, -0.1) is 0 Å². The predicted octanol–water partition coefficient (Wildman–Crippen LogP) is 3.35. The van der Waals surface area contributed by atoms with Crippen molar-refractivity contribution in [1.29, 1.82) is 0 Å². The van der Waals surface area contributed by atoms with Gasteiger partial charge in [0.25, 0.3) is 0 Å². The van der Waals surface area contributed by atoms with E-state index in [0.717, 1.165) is 25.9 Å². The molecular formula is C18H32N2O. The van der Waals surface area contributed by atoms with Crippen molar-refractivity contribution in [2.45, 2.75) is 59.0 Å². The highest BCUT2D eigenvalue weighted by Crippen LogP contribution is 2.18. The first-order valence-electron chi connectivity index (χ1n) is 8.10. The van der Waals surface area contributed by atoms with Gasteiger partial charge in [-0.2, -0.15) is 0 Å². The normalized spacial score (nSPS) is 14.2. The van der Waals surface area contributed by atoms with E-state index in [1.807, 2.05) is 0 Å². The summed E-state index contributed by atoms with van der Waals surface area (Å²) in [5, 5.41) is 13.1. The largest absolute Gasteiger partial charge is 0.394 e. The van der Waals surface area contributed by atoms with E-state index in [9.17, 15) is 5.11 Å². The molecule has 21 heavy (non-hydrogen) atoms. The predicted molar refractivity (Wildman–Crippen MR) is 92.1 cm³/mol. The zero-order chi connectivity index (χ0) is 15.9. The zero-order valence-corrected chi connectivity index (χ0v) is 14.3. The van der Waals surface area contributed by atoms with E-state index >= 15 is 0 Å². The van der Waals surface area contributed by atoms with E-state index < -0.39 is 0 Å². The third-order valence-corrected chi connectivity index (χ3v) is 3.89. The van der Waals surface area contributed by atoms with Crippen LogP contribution in [0.3, 0.4) is 0 Å². The first kappa shape index (κ1) is 18.0. The van der Waals surface area contributed by atoms with Crippen LogP contribution in [-0.4, -0.2) is 36.4 Å². The molecule has 0 heterocycles. The van der Waals surface area contributed by atoms with Gasteiger partial charge in [0.2, 0.25) is 0 Å². The maximum absolute atomic E-state index is 9.63. The Labute approximate surface area is 130 Å². The zero-order valence-electron chi connectivity index (χ0n) is 14.3. The second-order valence-electron chi connectivity index (χ2n) is 6.54. The Balaban J connectivity index is 2.55. The fourth-order valence-corrected chi connectivity index (χ4v) is 2.85. The van der Waals surface area contributed by atoms with Crippen LogP contribution in [0.4, 0.5) is 5.69 Å². The number of nitrogens with one attached hydrogen (secondary N) is 1. The number of anilines is 1. The molecule has 1 aromatic rings. The minimum absolute atomic E-state index is 0.180. The number of aliphatic hydroxyl groups excluding tert-OH is 1. The Kier molecular flexibility index (Phi) is 7.20. The lowest BCUT2D eigenvalue weighted by Crippen LogP contribution is -2.49. The number of hydrogen-bond acceptors (Lipinski definition) is 3. The first-order valence-corrected chi connectivity index (χ1v) is 8.10.